The molecule has 0 aliphatic heterocycles. The van der Waals surface area contributed by atoms with Gasteiger partial charge in [-0.1, -0.05) is 65.7 Å². The molecule has 0 atom stereocenters. The van der Waals surface area contributed by atoms with Crippen LogP contribution in [-0.4, -0.2) is 5.91 Å². The molecular formula is C24H17Cl2NO2. The first kappa shape index (κ1) is 19.3. The second-order valence-corrected chi connectivity index (χ2v) is 7.42. The third-order valence-corrected chi connectivity index (χ3v) is 5.06. The van der Waals surface area contributed by atoms with Crippen LogP contribution in [0, 0.1) is 0 Å². The normalized spacial score (nSPS) is 10.7. The number of nitrogens with one attached hydrogen (secondary N) is 1. The minimum absolute atomic E-state index is 0.262. The van der Waals surface area contributed by atoms with Crippen molar-refractivity contribution >= 4 is 45.6 Å². The largest absolute Gasteiger partial charge is 0.489 e. The predicted octanol–water partition coefficient (Wildman–Crippen LogP) is 6.98. The van der Waals surface area contributed by atoms with Crippen LogP contribution in [0.4, 0.5) is 5.69 Å². The van der Waals surface area contributed by atoms with E-state index >= 15 is 0 Å². The Morgan fingerprint density at radius 2 is 1.66 bits per heavy atom. The van der Waals surface area contributed by atoms with Crippen molar-refractivity contribution in [2.24, 2.45) is 0 Å². The summed E-state index contributed by atoms with van der Waals surface area (Å²) in [5, 5.41) is 6.01. The molecule has 0 bridgehead atoms. The Morgan fingerprint density at radius 1 is 0.828 bits per heavy atom. The zero-order chi connectivity index (χ0) is 20.2. The fourth-order valence-corrected chi connectivity index (χ4v) is 3.35. The molecule has 29 heavy (non-hydrogen) atoms. The summed E-state index contributed by atoms with van der Waals surface area (Å²) in [7, 11) is 0. The molecule has 3 nitrogen and oxygen atoms in total. The van der Waals surface area contributed by atoms with Gasteiger partial charge in [-0.05, 0) is 58.8 Å². The lowest BCUT2D eigenvalue weighted by atomic mass is 10.1. The van der Waals surface area contributed by atoms with Crippen molar-refractivity contribution in [2.45, 2.75) is 6.61 Å². The number of hydrogen-bond donors (Lipinski definition) is 1. The maximum atomic E-state index is 12.6. The third kappa shape index (κ3) is 4.70. The molecule has 0 aliphatic carbocycles. The summed E-state index contributed by atoms with van der Waals surface area (Å²) in [6, 6.07) is 26.3. The zero-order valence-corrected chi connectivity index (χ0v) is 16.9. The van der Waals surface area contributed by atoms with E-state index in [0.29, 0.717) is 27.9 Å². The first-order chi connectivity index (χ1) is 14.1. The van der Waals surface area contributed by atoms with Gasteiger partial charge in [0.1, 0.15) is 12.4 Å². The van der Waals surface area contributed by atoms with Crippen molar-refractivity contribution < 1.29 is 9.53 Å². The van der Waals surface area contributed by atoms with E-state index < -0.39 is 0 Å². The van der Waals surface area contributed by atoms with E-state index in [9.17, 15) is 4.79 Å². The fourth-order valence-electron chi connectivity index (χ4n) is 3.01. The van der Waals surface area contributed by atoms with Gasteiger partial charge in [-0.2, -0.15) is 0 Å². The molecule has 1 amide bonds. The van der Waals surface area contributed by atoms with Gasteiger partial charge in [0.05, 0.1) is 10.7 Å². The number of fused-ring (bicyclic) bond motifs is 1. The molecule has 4 aromatic carbocycles. The van der Waals surface area contributed by atoms with Gasteiger partial charge >= 0.3 is 0 Å². The van der Waals surface area contributed by atoms with Gasteiger partial charge in [-0.15, -0.1) is 0 Å². The smallest absolute Gasteiger partial charge is 0.255 e. The summed E-state index contributed by atoms with van der Waals surface area (Å²) in [5.74, 6) is 0.519. The first-order valence-corrected chi connectivity index (χ1v) is 9.81. The molecule has 4 aromatic rings. The van der Waals surface area contributed by atoms with Crippen molar-refractivity contribution in [2.75, 3.05) is 5.32 Å². The van der Waals surface area contributed by atoms with E-state index in [-0.39, 0.29) is 5.91 Å². The maximum Gasteiger partial charge on any atom is 0.255 e. The van der Waals surface area contributed by atoms with Crippen LogP contribution in [0.2, 0.25) is 10.0 Å². The molecular weight excluding hydrogens is 405 g/mol. The number of carbonyl (C=O) groups is 1. The third-order valence-electron chi connectivity index (χ3n) is 4.49. The van der Waals surface area contributed by atoms with Gasteiger partial charge in [-0.3, -0.25) is 4.79 Å². The molecule has 0 saturated heterocycles. The number of amides is 1. The number of ether oxygens (including phenoxy) is 1. The Morgan fingerprint density at radius 3 is 2.52 bits per heavy atom. The van der Waals surface area contributed by atoms with Crippen molar-refractivity contribution in [1.82, 2.24) is 0 Å². The monoisotopic (exact) mass is 421 g/mol. The summed E-state index contributed by atoms with van der Waals surface area (Å²) in [4.78, 5) is 12.6. The highest BCUT2D eigenvalue weighted by molar-refractivity contribution is 6.35. The quantitative estimate of drug-likeness (QED) is 0.377. The molecule has 0 unspecified atom stereocenters. The molecule has 0 aromatic heterocycles. The molecule has 0 fully saturated rings. The number of halogens is 2. The van der Waals surface area contributed by atoms with E-state index in [0.717, 1.165) is 22.1 Å². The number of anilines is 1. The average molecular weight is 422 g/mol. The summed E-state index contributed by atoms with van der Waals surface area (Å²) in [5.41, 5.74) is 1.88. The summed E-state index contributed by atoms with van der Waals surface area (Å²) in [6.07, 6.45) is 0. The Kier molecular flexibility index (Phi) is 5.70. The van der Waals surface area contributed by atoms with Crippen LogP contribution < -0.4 is 10.1 Å². The van der Waals surface area contributed by atoms with E-state index in [1.807, 2.05) is 48.5 Å². The van der Waals surface area contributed by atoms with Crippen molar-refractivity contribution in [1.29, 1.82) is 0 Å². The standard InChI is InChI=1S/C24H17Cl2NO2/c25-20-9-11-22(26)23(14-20)27-24(28)19-7-3-4-16(12-19)15-29-21-10-8-17-5-1-2-6-18(17)13-21/h1-14H,15H2,(H,27,28). The highest BCUT2D eigenvalue weighted by Gasteiger charge is 2.10. The van der Waals surface area contributed by atoms with Gasteiger partial charge in [-0.25, -0.2) is 0 Å². The highest BCUT2D eigenvalue weighted by atomic mass is 35.5. The molecule has 0 saturated carbocycles. The molecule has 0 radical (unpaired) electrons. The molecule has 0 heterocycles. The Bertz CT molecular complexity index is 1190. The number of hydrogen-bond acceptors (Lipinski definition) is 2. The molecule has 0 spiro atoms. The van der Waals surface area contributed by atoms with Gasteiger partial charge < -0.3 is 10.1 Å². The van der Waals surface area contributed by atoms with E-state index in [1.165, 1.54) is 0 Å². The van der Waals surface area contributed by atoms with E-state index in [2.05, 4.69) is 11.4 Å². The van der Waals surface area contributed by atoms with Crippen LogP contribution >= 0.6 is 23.2 Å². The summed E-state index contributed by atoms with van der Waals surface area (Å²) >= 11 is 12.1. The predicted molar refractivity (Wildman–Crippen MR) is 119 cm³/mol. The Labute approximate surface area is 178 Å². The Balaban J connectivity index is 1.46. The summed E-state index contributed by atoms with van der Waals surface area (Å²) < 4.78 is 5.92. The van der Waals surface area contributed by atoms with Gasteiger partial charge in [0.2, 0.25) is 0 Å². The molecule has 5 heteroatoms. The molecule has 4 rings (SSSR count). The van der Waals surface area contributed by atoms with Crippen LogP contribution in [0.25, 0.3) is 10.8 Å². The lowest BCUT2D eigenvalue weighted by Crippen LogP contribution is -2.12. The zero-order valence-electron chi connectivity index (χ0n) is 15.4. The van der Waals surface area contributed by atoms with Crippen LogP contribution in [0.3, 0.4) is 0 Å². The summed E-state index contributed by atoms with van der Waals surface area (Å²) in [6.45, 7) is 0.359. The maximum absolute atomic E-state index is 12.6. The Hall–Kier alpha value is -3.01. The lowest BCUT2D eigenvalue weighted by molar-refractivity contribution is 0.102. The number of benzene rings is 4. The minimum atomic E-state index is -0.262. The second kappa shape index (κ2) is 8.56. The van der Waals surface area contributed by atoms with E-state index in [1.54, 1.807) is 30.3 Å². The average Bonchev–Trinajstić information content (AvgIpc) is 2.75. The SMILES string of the molecule is O=C(Nc1cc(Cl)ccc1Cl)c1cccc(COc2ccc3ccccc3c2)c1. The molecule has 0 aliphatic rings. The van der Waals surface area contributed by atoms with Gasteiger partial charge in [0.15, 0.2) is 0 Å². The lowest BCUT2D eigenvalue weighted by Gasteiger charge is -2.10. The van der Waals surface area contributed by atoms with Crippen LogP contribution in [0.5, 0.6) is 5.75 Å². The van der Waals surface area contributed by atoms with E-state index in [4.69, 9.17) is 27.9 Å². The molecule has 144 valence electrons. The molecule has 1 N–H and O–H groups in total. The van der Waals surface area contributed by atoms with Gasteiger partial charge in [0.25, 0.3) is 5.91 Å². The fraction of sp³-hybridized carbons (Fsp3) is 0.0417. The minimum Gasteiger partial charge on any atom is -0.489 e. The van der Waals surface area contributed by atoms with Gasteiger partial charge in [0, 0.05) is 10.6 Å². The van der Waals surface area contributed by atoms with Crippen molar-refractivity contribution in [3.8, 4) is 5.75 Å². The van der Waals surface area contributed by atoms with Crippen LogP contribution in [0.15, 0.2) is 84.9 Å². The number of carbonyl (C=O) groups excluding carboxylic acids is 1. The van der Waals surface area contributed by atoms with Crippen LogP contribution in [0.1, 0.15) is 15.9 Å². The first-order valence-electron chi connectivity index (χ1n) is 9.05. The highest BCUT2D eigenvalue weighted by Crippen LogP contribution is 2.26. The van der Waals surface area contributed by atoms with Crippen LogP contribution in [-0.2, 0) is 6.61 Å². The second-order valence-electron chi connectivity index (χ2n) is 6.58. The number of rotatable bonds is 5. The topological polar surface area (TPSA) is 38.3 Å². The van der Waals surface area contributed by atoms with Crippen molar-refractivity contribution in [3.05, 3.63) is 106 Å². The van der Waals surface area contributed by atoms with Crippen molar-refractivity contribution in [3.63, 3.8) is 0 Å².